The number of nitrogens with zero attached hydrogens (tertiary/aromatic N) is 6. The van der Waals surface area contributed by atoms with Gasteiger partial charge in [-0.05, 0) is 27.2 Å². The molecule has 0 N–H and O–H groups in total. The Bertz CT molecular complexity index is 901. The normalized spacial score (nSPS) is 16.1. The van der Waals surface area contributed by atoms with Gasteiger partial charge in [0, 0.05) is 37.9 Å². The van der Waals surface area contributed by atoms with Crippen molar-refractivity contribution >= 4 is 15.8 Å². The van der Waals surface area contributed by atoms with Crippen LogP contribution < -0.4 is 4.90 Å². The maximum atomic E-state index is 12.4. The fourth-order valence-electron chi connectivity index (χ4n) is 3.20. The Morgan fingerprint density at radius 1 is 1.04 bits per heavy atom. The van der Waals surface area contributed by atoms with Crippen LogP contribution in [0.2, 0.25) is 0 Å². The molecule has 0 radical (unpaired) electrons. The second-order valence-electron chi connectivity index (χ2n) is 6.97. The van der Waals surface area contributed by atoms with Crippen molar-refractivity contribution in [3.63, 3.8) is 0 Å². The highest BCUT2D eigenvalue weighted by molar-refractivity contribution is 7.89. The monoisotopic (exact) mass is 392 g/mol. The van der Waals surface area contributed by atoms with E-state index in [1.165, 1.54) is 0 Å². The molecule has 1 aliphatic heterocycles. The van der Waals surface area contributed by atoms with Crippen molar-refractivity contribution in [3.8, 4) is 5.82 Å². The van der Waals surface area contributed by atoms with Crippen LogP contribution in [0.1, 0.15) is 37.0 Å². The van der Waals surface area contributed by atoms with Crippen LogP contribution in [0.25, 0.3) is 5.82 Å². The van der Waals surface area contributed by atoms with E-state index in [0.29, 0.717) is 38.4 Å². The lowest BCUT2D eigenvalue weighted by atomic mass is 10.3. The van der Waals surface area contributed by atoms with Crippen molar-refractivity contribution in [3.05, 3.63) is 29.6 Å². The van der Waals surface area contributed by atoms with Crippen molar-refractivity contribution in [1.29, 1.82) is 0 Å². The largest absolute Gasteiger partial charge is 0.354 e. The topological polar surface area (TPSA) is 84.2 Å². The smallest absolute Gasteiger partial charge is 0.214 e. The van der Waals surface area contributed by atoms with Crippen LogP contribution in [0.4, 0.5) is 5.82 Å². The summed E-state index contributed by atoms with van der Waals surface area (Å²) >= 11 is 0. The lowest BCUT2D eigenvalue weighted by Gasteiger charge is -2.34. The van der Waals surface area contributed by atoms with Crippen LogP contribution in [0.15, 0.2) is 12.4 Å². The summed E-state index contributed by atoms with van der Waals surface area (Å²) in [6.45, 7) is 10.1. The zero-order valence-electron chi connectivity index (χ0n) is 16.5. The summed E-state index contributed by atoms with van der Waals surface area (Å²) in [5.41, 5.74) is 2.02. The summed E-state index contributed by atoms with van der Waals surface area (Å²) in [5.74, 6) is 2.54. The van der Waals surface area contributed by atoms with Crippen molar-refractivity contribution in [1.82, 2.24) is 23.8 Å². The summed E-state index contributed by atoms with van der Waals surface area (Å²) in [6, 6.07) is 1.95. The predicted molar refractivity (Wildman–Crippen MR) is 106 cm³/mol. The molecule has 0 unspecified atom stereocenters. The lowest BCUT2D eigenvalue weighted by Crippen LogP contribution is -2.49. The summed E-state index contributed by atoms with van der Waals surface area (Å²) in [7, 11) is -3.15. The Labute approximate surface area is 161 Å². The molecule has 1 fully saturated rings. The number of aromatic nitrogens is 4. The fourth-order valence-corrected chi connectivity index (χ4v) is 4.83. The molecule has 0 aromatic carbocycles. The molecule has 3 heterocycles. The molecule has 148 valence electrons. The molecule has 0 spiro atoms. The number of imidazole rings is 1. The van der Waals surface area contributed by atoms with Crippen LogP contribution in [0, 0.1) is 20.8 Å². The molecule has 3 rings (SSSR count). The van der Waals surface area contributed by atoms with Crippen LogP contribution in [-0.4, -0.2) is 64.2 Å². The molecule has 1 saturated heterocycles. The number of unbranched alkanes of at least 4 members (excludes halogenated alkanes) is 1. The Morgan fingerprint density at radius 2 is 1.70 bits per heavy atom. The first-order chi connectivity index (χ1) is 12.8. The molecule has 27 heavy (non-hydrogen) atoms. The summed E-state index contributed by atoms with van der Waals surface area (Å²) in [4.78, 5) is 15.6. The highest BCUT2D eigenvalue weighted by atomic mass is 32.2. The molecule has 0 saturated carbocycles. The van der Waals surface area contributed by atoms with Gasteiger partial charge in [0.05, 0.1) is 11.4 Å². The van der Waals surface area contributed by atoms with E-state index in [-0.39, 0.29) is 5.75 Å². The van der Waals surface area contributed by atoms with Gasteiger partial charge in [0.15, 0.2) is 0 Å². The van der Waals surface area contributed by atoms with E-state index in [9.17, 15) is 8.42 Å². The first-order valence-electron chi connectivity index (χ1n) is 9.41. The van der Waals surface area contributed by atoms with Gasteiger partial charge in [-0.15, -0.1) is 0 Å². The van der Waals surface area contributed by atoms with Gasteiger partial charge < -0.3 is 4.90 Å². The van der Waals surface area contributed by atoms with E-state index >= 15 is 0 Å². The van der Waals surface area contributed by atoms with Gasteiger partial charge in [-0.25, -0.2) is 23.4 Å². The minimum atomic E-state index is -3.15. The maximum absolute atomic E-state index is 12.4. The summed E-state index contributed by atoms with van der Waals surface area (Å²) in [5, 5.41) is 0. The highest BCUT2D eigenvalue weighted by Gasteiger charge is 2.27. The number of hydrogen-bond donors (Lipinski definition) is 0. The third-order valence-electron chi connectivity index (χ3n) is 5.02. The summed E-state index contributed by atoms with van der Waals surface area (Å²) in [6.07, 6.45) is 3.37. The zero-order valence-corrected chi connectivity index (χ0v) is 17.3. The average Bonchev–Trinajstić information content (AvgIpc) is 2.98. The Hall–Kier alpha value is -2.00. The second kappa shape index (κ2) is 7.93. The maximum Gasteiger partial charge on any atom is 0.214 e. The molecule has 2 aromatic rings. The van der Waals surface area contributed by atoms with Crippen molar-refractivity contribution in [2.45, 2.75) is 40.5 Å². The SMILES string of the molecule is CCCCS(=O)(=O)N1CCN(c2cc(-n3cnc(C)c3C)nc(C)n2)CC1. The number of anilines is 1. The van der Waals surface area contributed by atoms with Gasteiger partial charge in [0.1, 0.15) is 23.8 Å². The van der Waals surface area contributed by atoms with Gasteiger partial charge in [0.2, 0.25) is 10.0 Å². The van der Waals surface area contributed by atoms with Gasteiger partial charge in [-0.1, -0.05) is 13.3 Å². The van der Waals surface area contributed by atoms with E-state index in [2.05, 4.69) is 19.9 Å². The van der Waals surface area contributed by atoms with Crippen LogP contribution in [-0.2, 0) is 10.0 Å². The van der Waals surface area contributed by atoms with Crippen molar-refractivity contribution in [2.24, 2.45) is 0 Å². The molecule has 0 atom stereocenters. The molecular weight excluding hydrogens is 364 g/mol. The van der Waals surface area contributed by atoms with Gasteiger partial charge in [-0.3, -0.25) is 4.57 Å². The van der Waals surface area contributed by atoms with Gasteiger partial charge in [0.25, 0.3) is 0 Å². The number of sulfonamides is 1. The average molecular weight is 393 g/mol. The zero-order chi connectivity index (χ0) is 19.6. The third kappa shape index (κ3) is 4.30. The van der Waals surface area contributed by atoms with E-state index < -0.39 is 10.0 Å². The van der Waals surface area contributed by atoms with Crippen LogP contribution in [0.3, 0.4) is 0 Å². The summed E-state index contributed by atoms with van der Waals surface area (Å²) < 4.78 is 28.4. The molecule has 0 amide bonds. The fraction of sp³-hybridized carbons (Fsp3) is 0.611. The minimum Gasteiger partial charge on any atom is -0.354 e. The first-order valence-corrected chi connectivity index (χ1v) is 11.0. The van der Waals surface area contributed by atoms with E-state index in [1.807, 2.05) is 38.3 Å². The predicted octanol–water partition coefficient (Wildman–Crippen LogP) is 1.84. The Morgan fingerprint density at radius 3 is 2.30 bits per heavy atom. The Balaban J connectivity index is 1.76. The first kappa shape index (κ1) is 19.8. The van der Waals surface area contributed by atoms with Crippen LogP contribution in [0.5, 0.6) is 0 Å². The molecule has 1 aliphatic rings. The molecule has 0 aliphatic carbocycles. The van der Waals surface area contributed by atoms with Crippen molar-refractivity contribution < 1.29 is 8.42 Å². The molecule has 8 nitrogen and oxygen atoms in total. The quantitative estimate of drug-likeness (QED) is 0.746. The highest BCUT2D eigenvalue weighted by Crippen LogP contribution is 2.20. The number of aryl methyl sites for hydroxylation is 2. The van der Waals surface area contributed by atoms with Crippen molar-refractivity contribution in [2.75, 3.05) is 36.8 Å². The molecular formula is C18H28N6O2S. The van der Waals surface area contributed by atoms with Gasteiger partial charge in [-0.2, -0.15) is 4.31 Å². The van der Waals surface area contributed by atoms with E-state index in [1.54, 1.807) is 10.6 Å². The lowest BCUT2D eigenvalue weighted by molar-refractivity contribution is 0.383. The number of hydrogen-bond acceptors (Lipinski definition) is 6. The van der Waals surface area contributed by atoms with Crippen LogP contribution >= 0.6 is 0 Å². The molecule has 2 aromatic heterocycles. The standard InChI is InChI=1S/C18H28N6O2S/c1-5-6-11-27(25,26)23-9-7-22(8-10-23)17-12-18(21-16(4)20-17)24-13-19-14(2)15(24)3/h12-13H,5-11H2,1-4H3. The number of piperazine rings is 1. The third-order valence-corrected chi connectivity index (χ3v) is 6.98. The van der Waals surface area contributed by atoms with Gasteiger partial charge >= 0.3 is 0 Å². The minimum absolute atomic E-state index is 0.236. The number of rotatable bonds is 6. The van der Waals surface area contributed by atoms with E-state index in [4.69, 9.17) is 0 Å². The Kier molecular flexibility index (Phi) is 5.81. The molecule has 0 bridgehead atoms. The molecule has 9 heteroatoms. The van der Waals surface area contributed by atoms with E-state index in [0.717, 1.165) is 29.4 Å². The second-order valence-corrected chi connectivity index (χ2v) is 9.06.